The van der Waals surface area contributed by atoms with E-state index in [9.17, 15) is 9.90 Å². The van der Waals surface area contributed by atoms with Gasteiger partial charge in [0.05, 0.1) is 25.2 Å². The summed E-state index contributed by atoms with van der Waals surface area (Å²) in [5.41, 5.74) is 3.94. The van der Waals surface area contributed by atoms with E-state index in [4.69, 9.17) is 21.1 Å². The molecule has 34 heavy (non-hydrogen) atoms. The Kier molecular flexibility index (Phi) is 9.21. The van der Waals surface area contributed by atoms with Crippen molar-refractivity contribution in [1.82, 2.24) is 0 Å². The SMILES string of the molecule is C=C(C)[C@H]1C[C@H](c2ccc(Cl)cc2)[C@H](CCC)O[C@@H]1c1cc(CC(=O)O)ccc1OCC(C)C. The van der Waals surface area contributed by atoms with Gasteiger partial charge >= 0.3 is 5.97 Å². The van der Waals surface area contributed by atoms with Crippen LogP contribution in [0.2, 0.25) is 5.02 Å². The van der Waals surface area contributed by atoms with Gasteiger partial charge in [0.1, 0.15) is 5.75 Å². The Hall–Kier alpha value is -2.30. The molecule has 1 N–H and O–H groups in total. The largest absolute Gasteiger partial charge is 0.493 e. The first-order valence-electron chi connectivity index (χ1n) is 12.2. The first-order chi connectivity index (χ1) is 16.2. The second kappa shape index (κ2) is 11.9. The van der Waals surface area contributed by atoms with E-state index < -0.39 is 5.97 Å². The third kappa shape index (κ3) is 6.64. The fourth-order valence-electron chi connectivity index (χ4n) is 4.78. The molecule has 1 saturated heterocycles. The van der Waals surface area contributed by atoms with Gasteiger partial charge in [-0.1, -0.05) is 69.1 Å². The lowest BCUT2D eigenvalue weighted by Crippen LogP contribution is -2.36. The third-order valence-corrected chi connectivity index (χ3v) is 6.71. The van der Waals surface area contributed by atoms with Gasteiger partial charge in [0.2, 0.25) is 0 Å². The van der Waals surface area contributed by atoms with E-state index in [2.05, 4.69) is 46.4 Å². The summed E-state index contributed by atoms with van der Waals surface area (Å²) in [5.74, 6) is 0.597. The standard InChI is InChI=1S/C29H37ClO4/c1-6-7-27-24(21-9-11-22(30)12-10-21)16-23(19(4)5)29(34-27)25-14-20(15-28(31)32)8-13-26(25)33-17-18(2)3/h8-14,18,23-24,27,29H,4,6-7,15-17H2,1-3,5H3,(H,31,32)/t23-,24-,27+,29+/m1/s1. The smallest absolute Gasteiger partial charge is 0.307 e. The summed E-state index contributed by atoms with van der Waals surface area (Å²) in [5, 5.41) is 10.1. The van der Waals surface area contributed by atoms with Gasteiger partial charge in [0.15, 0.2) is 0 Å². The molecule has 4 nitrogen and oxygen atoms in total. The number of carboxylic acids is 1. The maximum atomic E-state index is 11.4. The zero-order valence-corrected chi connectivity index (χ0v) is 21.5. The van der Waals surface area contributed by atoms with Gasteiger partial charge in [-0.25, -0.2) is 0 Å². The molecule has 0 radical (unpaired) electrons. The molecule has 5 heteroatoms. The van der Waals surface area contributed by atoms with Crippen LogP contribution in [-0.2, 0) is 16.0 Å². The highest BCUT2D eigenvalue weighted by atomic mass is 35.5. The lowest BCUT2D eigenvalue weighted by atomic mass is 9.74. The quantitative estimate of drug-likeness (QED) is 0.352. The van der Waals surface area contributed by atoms with Crippen molar-refractivity contribution in [3.05, 3.63) is 76.3 Å². The minimum Gasteiger partial charge on any atom is -0.493 e. The normalized spacial score (nSPS) is 22.5. The highest BCUT2D eigenvalue weighted by Gasteiger charge is 2.40. The van der Waals surface area contributed by atoms with Gasteiger partial charge in [-0.15, -0.1) is 0 Å². The molecule has 2 aromatic rings. The average molecular weight is 485 g/mol. The van der Waals surface area contributed by atoms with Gasteiger partial charge in [-0.3, -0.25) is 4.79 Å². The van der Waals surface area contributed by atoms with Gasteiger partial charge < -0.3 is 14.6 Å². The Morgan fingerprint density at radius 2 is 1.94 bits per heavy atom. The summed E-state index contributed by atoms with van der Waals surface area (Å²) in [7, 11) is 0. The van der Waals surface area contributed by atoms with Crippen LogP contribution in [0.5, 0.6) is 5.75 Å². The molecule has 0 aliphatic carbocycles. The van der Waals surface area contributed by atoms with Crippen LogP contribution in [0.4, 0.5) is 0 Å². The van der Waals surface area contributed by atoms with Crippen LogP contribution >= 0.6 is 11.6 Å². The first kappa shape index (κ1) is 26.3. The molecule has 0 saturated carbocycles. The number of benzene rings is 2. The molecule has 1 fully saturated rings. The summed E-state index contributed by atoms with van der Waals surface area (Å²) in [6.45, 7) is 13.3. The molecule has 0 aromatic heterocycles. The van der Waals surface area contributed by atoms with Crippen molar-refractivity contribution >= 4 is 17.6 Å². The fourth-order valence-corrected chi connectivity index (χ4v) is 4.91. The van der Waals surface area contributed by atoms with Crippen LogP contribution in [0, 0.1) is 11.8 Å². The molecule has 1 heterocycles. The predicted octanol–water partition coefficient (Wildman–Crippen LogP) is 7.61. The van der Waals surface area contributed by atoms with E-state index in [1.54, 1.807) is 0 Å². The highest BCUT2D eigenvalue weighted by Crippen LogP contribution is 2.49. The number of aliphatic carboxylic acids is 1. The molecule has 0 unspecified atom stereocenters. The summed E-state index contributed by atoms with van der Waals surface area (Å²) in [6.07, 6.45) is 2.60. The van der Waals surface area contributed by atoms with E-state index in [0.29, 0.717) is 12.5 Å². The molecule has 0 bridgehead atoms. The van der Waals surface area contributed by atoms with Crippen LogP contribution in [0.1, 0.15) is 75.7 Å². The van der Waals surface area contributed by atoms with Crippen LogP contribution in [0.25, 0.3) is 0 Å². The minimum atomic E-state index is -0.852. The van der Waals surface area contributed by atoms with Crippen molar-refractivity contribution in [1.29, 1.82) is 0 Å². The number of hydrogen-bond donors (Lipinski definition) is 1. The van der Waals surface area contributed by atoms with Crippen LogP contribution in [-0.4, -0.2) is 23.8 Å². The van der Waals surface area contributed by atoms with Gasteiger partial charge in [0.25, 0.3) is 0 Å². The summed E-state index contributed by atoms with van der Waals surface area (Å²) < 4.78 is 13.1. The summed E-state index contributed by atoms with van der Waals surface area (Å²) in [6, 6.07) is 13.8. The van der Waals surface area contributed by atoms with E-state index in [1.807, 2.05) is 30.3 Å². The highest BCUT2D eigenvalue weighted by molar-refractivity contribution is 6.30. The number of rotatable bonds is 10. The number of ether oxygens (including phenoxy) is 2. The molecule has 184 valence electrons. The minimum absolute atomic E-state index is 0.0340. The summed E-state index contributed by atoms with van der Waals surface area (Å²) >= 11 is 6.15. The maximum Gasteiger partial charge on any atom is 0.307 e. The van der Waals surface area contributed by atoms with Crippen molar-refractivity contribution in [2.24, 2.45) is 11.8 Å². The molecule has 4 atom stereocenters. The number of carboxylic acid groups (broad SMARTS) is 1. The Morgan fingerprint density at radius 3 is 2.53 bits per heavy atom. The predicted molar refractivity (Wildman–Crippen MR) is 138 cm³/mol. The third-order valence-electron chi connectivity index (χ3n) is 6.46. The van der Waals surface area contributed by atoms with Crippen LogP contribution in [0.3, 0.4) is 0 Å². The van der Waals surface area contributed by atoms with Crippen molar-refractivity contribution < 1.29 is 19.4 Å². The molecule has 0 spiro atoms. The molecule has 3 rings (SSSR count). The maximum absolute atomic E-state index is 11.4. The molecule has 1 aliphatic rings. The topological polar surface area (TPSA) is 55.8 Å². The van der Waals surface area contributed by atoms with Crippen molar-refractivity contribution in [2.75, 3.05) is 6.61 Å². The van der Waals surface area contributed by atoms with E-state index in [1.165, 1.54) is 5.56 Å². The zero-order valence-electron chi connectivity index (χ0n) is 20.7. The van der Waals surface area contributed by atoms with Crippen LogP contribution < -0.4 is 4.74 Å². The second-order valence-corrected chi connectivity index (χ2v) is 10.3. The van der Waals surface area contributed by atoms with E-state index >= 15 is 0 Å². The number of hydrogen-bond acceptors (Lipinski definition) is 3. The first-order valence-corrected chi connectivity index (χ1v) is 12.6. The Morgan fingerprint density at radius 1 is 1.24 bits per heavy atom. The Bertz CT molecular complexity index is 982. The molecule has 0 amide bonds. The van der Waals surface area contributed by atoms with Crippen molar-refractivity contribution in [2.45, 2.75) is 71.5 Å². The van der Waals surface area contributed by atoms with Gasteiger partial charge in [0, 0.05) is 22.4 Å². The Labute approximate surface area is 208 Å². The summed E-state index contributed by atoms with van der Waals surface area (Å²) in [4.78, 5) is 11.4. The fraction of sp³-hybridized carbons (Fsp3) is 0.483. The van der Waals surface area contributed by atoms with Crippen LogP contribution in [0.15, 0.2) is 54.6 Å². The van der Waals surface area contributed by atoms with Crippen molar-refractivity contribution in [3.8, 4) is 5.75 Å². The molecular formula is C29H37ClO4. The lowest BCUT2D eigenvalue weighted by Gasteiger charge is -2.43. The lowest BCUT2D eigenvalue weighted by molar-refractivity contribution is -0.136. The number of halogens is 1. The monoisotopic (exact) mass is 484 g/mol. The van der Waals surface area contributed by atoms with Gasteiger partial charge in [-0.2, -0.15) is 0 Å². The molecular weight excluding hydrogens is 448 g/mol. The second-order valence-electron chi connectivity index (χ2n) is 9.88. The average Bonchev–Trinajstić information content (AvgIpc) is 2.78. The van der Waals surface area contributed by atoms with E-state index in [-0.39, 0.29) is 30.5 Å². The Balaban J connectivity index is 2.02. The molecule has 2 aromatic carbocycles. The zero-order chi connectivity index (χ0) is 24.8. The molecule has 1 aliphatic heterocycles. The van der Waals surface area contributed by atoms with Gasteiger partial charge in [-0.05, 0) is 61.1 Å². The van der Waals surface area contributed by atoms with E-state index in [0.717, 1.165) is 46.7 Å². The number of carbonyl (C=O) groups is 1. The van der Waals surface area contributed by atoms with Crippen molar-refractivity contribution in [3.63, 3.8) is 0 Å².